The zero-order valence-electron chi connectivity index (χ0n) is 10.1. The second kappa shape index (κ2) is 4.15. The minimum absolute atomic E-state index is 0.260. The van der Waals surface area contributed by atoms with Crippen LogP contribution in [0.1, 0.15) is 51.4 Å². The number of rotatable bonds is 1. The topological polar surface area (TPSA) is 35.2 Å². The fourth-order valence-corrected chi connectivity index (χ4v) is 3.83. The van der Waals surface area contributed by atoms with E-state index < -0.39 is 0 Å². The van der Waals surface area contributed by atoms with Gasteiger partial charge in [0.15, 0.2) is 0 Å². The van der Waals surface area contributed by atoms with E-state index in [0.29, 0.717) is 6.04 Å². The Balaban J connectivity index is 1.70. The molecule has 2 fully saturated rings. The van der Waals surface area contributed by atoms with Crippen LogP contribution < -0.4 is 5.73 Å². The third kappa shape index (κ3) is 1.93. The summed E-state index contributed by atoms with van der Waals surface area (Å²) < 4.78 is 6.08. The molecule has 0 aromatic heterocycles. The molecule has 1 saturated carbocycles. The first-order valence-electron chi connectivity index (χ1n) is 6.88. The van der Waals surface area contributed by atoms with Gasteiger partial charge in [-0.15, -0.1) is 0 Å². The van der Waals surface area contributed by atoms with E-state index in [2.05, 4.69) is 6.08 Å². The molecule has 1 heterocycles. The summed E-state index contributed by atoms with van der Waals surface area (Å²) in [6, 6.07) is 0.331. The molecule has 1 aliphatic heterocycles. The summed E-state index contributed by atoms with van der Waals surface area (Å²) in [5.41, 5.74) is 7.87. The van der Waals surface area contributed by atoms with Crippen molar-refractivity contribution in [3.05, 3.63) is 11.6 Å². The molecule has 2 unspecified atom stereocenters. The van der Waals surface area contributed by atoms with E-state index >= 15 is 0 Å². The molecule has 1 spiro atoms. The van der Waals surface area contributed by atoms with Gasteiger partial charge in [0.2, 0.25) is 0 Å². The van der Waals surface area contributed by atoms with E-state index in [9.17, 15) is 0 Å². The summed E-state index contributed by atoms with van der Waals surface area (Å²) in [6.45, 7) is 0.969. The Morgan fingerprint density at radius 3 is 2.75 bits per heavy atom. The van der Waals surface area contributed by atoms with Crippen molar-refractivity contribution in [1.29, 1.82) is 0 Å². The van der Waals surface area contributed by atoms with Gasteiger partial charge < -0.3 is 10.5 Å². The lowest BCUT2D eigenvalue weighted by Gasteiger charge is -2.39. The first-order chi connectivity index (χ1) is 7.77. The van der Waals surface area contributed by atoms with Gasteiger partial charge in [-0.2, -0.15) is 0 Å². The molecule has 2 heteroatoms. The van der Waals surface area contributed by atoms with Crippen molar-refractivity contribution < 1.29 is 4.74 Å². The zero-order chi connectivity index (χ0) is 11.0. The molecular weight excluding hydrogens is 198 g/mol. The molecule has 2 atom stereocenters. The molecule has 0 amide bonds. The van der Waals surface area contributed by atoms with Gasteiger partial charge in [0, 0.05) is 12.6 Å². The van der Waals surface area contributed by atoms with Crippen LogP contribution in [0, 0.1) is 5.92 Å². The van der Waals surface area contributed by atoms with E-state index in [1.165, 1.54) is 51.4 Å². The molecule has 0 bridgehead atoms. The van der Waals surface area contributed by atoms with E-state index in [4.69, 9.17) is 10.5 Å². The lowest BCUT2D eigenvalue weighted by molar-refractivity contribution is -0.0872. The van der Waals surface area contributed by atoms with E-state index in [-0.39, 0.29) is 5.60 Å². The summed E-state index contributed by atoms with van der Waals surface area (Å²) >= 11 is 0. The highest BCUT2D eigenvalue weighted by molar-refractivity contribution is 5.18. The maximum Gasteiger partial charge on any atom is 0.0688 e. The average Bonchev–Trinajstić information content (AvgIpc) is 2.89. The van der Waals surface area contributed by atoms with Gasteiger partial charge in [0.1, 0.15) is 0 Å². The summed E-state index contributed by atoms with van der Waals surface area (Å²) in [6.07, 6.45) is 12.5. The van der Waals surface area contributed by atoms with Crippen molar-refractivity contribution in [1.82, 2.24) is 0 Å². The van der Waals surface area contributed by atoms with Crippen LogP contribution in [0.5, 0.6) is 0 Å². The van der Waals surface area contributed by atoms with Crippen LogP contribution in [0.4, 0.5) is 0 Å². The molecule has 0 aromatic rings. The highest BCUT2D eigenvalue weighted by Crippen LogP contribution is 2.45. The first kappa shape index (κ1) is 10.8. The summed E-state index contributed by atoms with van der Waals surface area (Å²) in [7, 11) is 0. The van der Waals surface area contributed by atoms with Gasteiger partial charge in [-0.25, -0.2) is 0 Å². The highest BCUT2D eigenvalue weighted by Gasteiger charge is 2.41. The van der Waals surface area contributed by atoms with Gasteiger partial charge in [-0.3, -0.25) is 0 Å². The first-order valence-corrected chi connectivity index (χ1v) is 6.88. The van der Waals surface area contributed by atoms with Crippen molar-refractivity contribution in [3.63, 3.8) is 0 Å². The SMILES string of the molecule is NC1C=C(C2CCOC3(CCCC3)C2)CC1. The molecule has 1 saturated heterocycles. The minimum atomic E-state index is 0.260. The van der Waals surface area contributed by atoms with Crippen molar-refractivity contribution >= 4 is 0 Å². The predicted octanol–water partition coefficient (Wildman–Crippen LogP) is 2.77. The van der Waals surface area contributed by atoms with Gasteiger partial charge in [-0.05, 0) is 44.4 Å². The third-order valence-electron chi connectivity index (χ3n) is 4.73. The third-order valence-corrected chi connectivity index (χ3v) is 4.73. The molecule has 0 aromatic carbocycles. The standard InChI is InChI=1S/C14H23NO/c15-13-4-3-11(9-13)12-5-8-16-14(10-12)6-1-2-7-14/h9,12-13H,1-8,10,15H2. The quantitative estimate of drug-likeness (QED) is 0.691. The van der Waals surface area contributed by atoms with Crippen LogP contribution in [0.15, 0.2) is 11.6 Å². The largest absolute Gasteiger partial charge is 0.375 e. The Morgan fingerprint density at radius 1 is 1.25 bits per heavy atom. The highest BCUT2D eigenvalue weighted by atomic mass is 16.5. The lowest BCUT2D eigenvalue weighted by Crippen LogP contribution is -2.37. The number of allylic oxidation sites excluding steroid dienone is 1. The number of nitrogens with two attached hydrogens (primary N) is 1. The molecular formula is C14H23NO. The van der Waals surface area contributed by atoms with Crippen LogP contribution in [0.2, 0.25) is 0 Å². The molecule has 3 rings (SSSR count). The van der Waals surface area contributed by atoms with E-state index in [1.807, 2.05) is 0 Å². The Labute approximate surface area is 98.2 Å². The second-order valence-electron chi connectivity index (χ2n) is 5.87. The zero-order valence-corrected chi connectivity index (χ0v) is 10.1. The van der Waals surface area contributed by atoms with Crippen molar-refractivity contribution in [2.24, 2.45) is 11.7 Å². The lowest BCUT2D eigenvalue weighted by atomic mass is 9.80. The van der Waals surface area contributed by atoms with Crippen molar-refractivity contribution in [2.75, 3.05) is 6.61 Å². The molecule has 90 valence electrons. The Kier molecular flexibility index (Phi) is 2.80. The van der Waals surface area contributed by atoms with Gasteiger partial charge >= 0.3 is 0 Å². The summed E-state index contributed by atoms with van der Waals surface area (Å²) in [4.78, 5) is 0. The smallest absolute Gasteiger partial charge is 0.0688 e. The van der Waals surface area contributed by atoms with Crippen LogP contribution >= 0.6 is 0 Å². The fraction of sp³-hybridized carbons (Fsp3) is 0.857. The van der Waals surface area contributed by atoms with Crippen LogP contribution in [0.3, 0.4) is 0 Å². The van der Waals surface area contributed by atoms with E-state index in [0.717, 1.165) is 12.5 Å². The number of ether oxygens (including phenoxy) is 1. The normalized spacial score (nSPS) is 37.9. The van der Waals surface area contributed by atoms with Crippen molar-refractivity contribution in [3.8, 4) is 0 Å². The van der Waals surface area contributed by atoms with Crippen LogP contribution in [-0.4, -0.2) is 18.2 Å². The van der Waals surface area contributed by atoms with Gasteiger partial charge in [0.25, 0.3) is 0 Å². The predicted molar refractivity (Wildman–Crippen MR) is 65.2 cm³/mol. The molecule has 2 N–H and O–H groups in total. The van der Waals surface area contributed by atoms with Gasteiger partial charge in [0.05, 0.1) is 5.60 Å². The second-order valence-corrected chi connectivity index (χ2v) is 5.87. The molecule has 2 nitrogen and oxygen atoms in total. The summed E-state index contributed by atoms with van der Waals surface area (Å²) in [5, 5.41) is 0. The Morgan fingerprint density at radius 2 is 2.06 bits per heavy atom. The summed E-state index contributed by atoms with van der Waals surface area (Å²) in [5.74, 6) is 0.778. The molecule has 0 radical (unpaired) electrons. The fourth-order valence-electron chi connectivity index (χ4n) is 3.83. The number of hydrogen-bond donors (Lipinski definition) is 1. The molecule has 16 heavy (non-hydrogen) atoms. The maximum atomic E-state index is 6.08. The molecule has 2 aliphatic carbocycles. The average molecular weight is 221 g/mol. The van der Waals surface area contributed by atoms with E-state index in [1.54, 1.807) is 5.57 Å². The van der Waals surface area contributed by atoms with Crippen LogP contribution in [-0.2, 0) is 4.74 Å². The molecule has 3 aliphatic rings. The van der Waals surface area contributed by atoms with Crippen molar-refractivity contribution in [2.45, 2.75) is 63.0 Å². The van der Waals surface area contributed by atoms with Gasteiger partial charge in [-0.1, -0.05) is 24.5 Å². The Hall–Kier alpha value is -0.340. The van der Waals surface area contributed by atoms with Crippen LogP contribution in [0.25, 0.3) is 0 Å². The monoisotopic (exact) mass is 221 g/mol. The maximum absolute atomic E-state index is 6.08. The Bertz CT molecular complexity index is 291. The minimum Gasteiger partial charge on any atom is -0.375 e. The number of hydrogen-bond acceptors (Lipinski definition) is 2.